The minimum atomic E-state index is -0.258. The zero-order valence-electron chi connectivity index (χ0n) is 8.97. The van der Waals surface area contributed by atoms with E-state index in [4.69, 9.17) is 5.26 Å². The van der Waals surface area contributed by atoms with E-state index in [1.165, 1.54) is 12.1 Å². The van der Waals surface area contributed by atoms with E-state index < -0.39 is 0 Å². The van der Waals surface area contributed by atoms with Crippen molar-refractivity contribution in [3.05, 3.63) is 65.2 Å². The summed E-state index contributed by atoms with van der Waals surface area (Å²) in [5.41, 5.74) is 1.97. The van der Waals surface area contributed by atoms with Gasteiger partial charge in [-0.1, -0.05) is 24.3 Å². The molecule has 82 valence electrons. The Morgan fingerprint density at radius 3 is 2.53 bits per heavy atom. The van der Waals surface area contributed by atoms with E-state index in [2.05, 4.69) is 4.98 Å². The third-order valence-electron chi connectivity index (χ3n) is 2.20. The average molecular weight is 224 g/mol. The summed E-state index contributed by atoms with van der Waals surface area (Å²) in [6, 6.07) is 13.4. The number of halogens is 1. The molecular formula is C14H9FN2. The predicted molar refractivity (Wildman–Crippen MR) is 64.3 cm³/mol. The Bertz CT molecular complexity index is 580. The van der Waals surface area contributed by atoms with E-state index in [1.807, 2.05) is 12.1 Å². The van der Waals surface area contributed by atoms with Gasteiger partial charge in [0.25, 0.3) is 0 Å². The van der Waals surface area contributed by atoms with E-state index in [1.54, 1.807) is 36.4 Å². The summed E-state index contributed by atoms with van der Waals surface area (Å²) in [7, 11) is 0. The standard InChI is InChI=1S/C14H9FN2/c15-12-7-4-11(5-8-12)6-9-13-2-1-3-14(10-16)17-13/h1-9H/b9-6+. The minimum Gasteiger partial charge on any atom is -0.238 e. The SMILES string of the molecule is N#Cc1cccc(/C=C/c2ccc(F)cc2)n1. The molecule has 0 amide bonds. The summed E-state index contributed by atoms with van der Waals surface area (Å²) >= 11 is 0. The Kier molecular flexibility index (Phi) is 3.27. The molecule has 0 aliphatic rings. The zero-order valence-corrected chi connectivity index (χ0v) is 8.97. The van der Waals surface area contributed by atoms with Crippen LogP contribution in [0.1, 0.15) is 17.0 Å². The first-order valence-electron chi connectivity index (χ1n) is 5.09. The van der Waals surface area contributed by atoms with Crippen molar-refractivity contribution in [1.82, 2.24) is 4.98 Å². The first kappa shape index (κ1) is 11.0. The van der Waals surface area contributed by atoms with Gasteiger partial charge in [0.1, 0.15) is 17.6 Å². The lowest BCUT2D eigenvalue weighted by Crippen LogP contribution is -1.84. The Morgan fingerprint density at radius 1 is 1.06 bits per heavy atom. The third-order valence-corrected chi connectivity index (χ3v) is 2.20. The van der Waals surface area contributed by atoms with Crippen LogP contribution in [-0.2, 0) is 0 Å². The van der Waals surface area contributed by atoms with Crippen molar-refractivity contribution < 1.29 is 4.39 Å². The molecule has 0 radical (unpaired) electrons. The molecule has 0 fully saturated rings. The second-order valence-corrected chi connectivity index (χ2v) is 3.44. The molecule has 0 saturated heterocycles. The van der Waals surface area contributed by atoms with Crippen LogP contribution in [0.15, 0.2) is 42.5 Å². The summed E-state index contributed by atoms with van der Waals surface area (Å²) in [6.45, 7) is 0. The topological polar surface area (TPSA) is 36.7 Å². The molecule has 17 heavy (non-hydrogen) atoms. The first-order chi connectivity index (χ1) is 8.28. The molecule has 0 spiro atoms. The van der Waals surface area contributed by atoms with E-state index >= 15 is 0 Å². The molecule has 1 aromatic carbocycles. The molecule has 0 bridgehead atoms. The Hall–Kier alpha value is -2.47. The van der Waals surface area contributed by atoms with Gasteiger partial charge in [0.2, 0.25) is 0 Å². The maximum absolute atomic E-state index is 12.7. The molecule has 2 rings (SSSR count). The van der Waals surface area contributed by atoms with E-state index in [0.29, 0.717) is 11.4 Å². The maximum Gasteiger partial charge on any atom is 0.141 e. The predicted octanol–water partition coefficient (Wildman–Crippen LogP) is 3.26. The summed E-state index contributed by atoms with van der Waals surface area (Å²) in [6.07, 6.45) is 3.61. The Labute approximate surface area is 98.7 Å². The van der Waals surface area contributed by atoms with Gasteiger partial charge in [0, 0.05) is 0 Å². The second kappa shape index (κ2) is 5.04. The van der Waals surface area contributed by atoms with Gasteiger partial charge in [-0.25, -0.2) is 9.37 Å². The Balaban J connectivity index is 2.20. The van der Waals surface area contributed by atoms with Gasteiger partial charge in [-0.15, -0.1) is 0 Å². The van der Waals surface area contributed by atoms with Crippen LogP contribution >= 0.6 is 0 Å². The van der Waals surface area contributed by atoms with Gasteiger partial charge in [-0.3, -0.25) is 0 Å². The molecule has 0 atom stereocenters. The summed E-state index contributed by atoms with van der Waals surface area (Å²) in [5.74, 6) is -0.258. The molecule has 0 N–H and O–H groups in total. The molecule has 1 aromatic heterocycles. The highest BCUT2D eigenvalue weighted by Crippen LogP contribution is 2.08. The number of nitriles is 1. The lowest BCUT2D eigenvalue weighted by Gasteiger charge is -1.94. The van der Waals surface area contributed by atoms with Gasteiger partial charge in [-0.2, -0.15) is 5.26 Å². The van der Waals surface area contributed by atoms with Crippen molar-refractivity contribution in [2.75, 3.05) is 0 Å². The lowest BCUT2D eigenvalue weighted by molar-refractivity contribution is 0.628. The number of pyridine rings is 1. The first-order valence-corrected chi connectivity index (χ1v) is 5.09. The molecule has 1 heterocycles. The van der Waals surface area contributed by atoms with E-state index in [0.717, 1.165) is 5.56 Å². The van der Waals surface area contributed by atoms with Crippen LogP contribution in [-0.4, -0.2) is 4.98 Å². The quantitative estimate of drug-likeness (QED) is 0.785. The molecule has 3 heteroatoms. The average Bonchev–Trinajstić information content (AvgIpc) is 2.38. The normalized spacial score (nSPS) is 10.4. The van der Waals surface area contributed by atoms with Crippen molar-refractivity contribution in [2.45, 2.75) is 0 Å². The highest BCUT2D eigenvalue weighted by atomic mass is 19.1. The molecule has 0 aliphatic heterocycles. The molecule has 0 unspecified atom stereocenters. The zero-order chi connectivity index (χ0) is 12.1. The van der Waals surface area contributed by atoms with Crippen molar-refractivity contribution in [3.63, 3.8) is 0 Å². The summed E-state index contributed by atoms with van der Waals surface area (Å²) in [4.78, 5) is 4.10. The minimum absolute atomic E-state index is 0.258. The fraction of sp³-hybridized carbons (Fsp3) is 0. The highest BCUT2D eigenvalue weighted by Gasteiger charge is 1.93. The van der Waals surface area contributed by atoms with Crippen molar-refractivity contribution >= 4 is 12.2 Å². The lowest BCUT2D eigenvalue weighted by atomic mass is 10.2. The van der Waals surface area contributed by atoms with Crippen LogP contribution in [0.3, 0.4) is 0 Å². The van der Waals surface area contributed by atoms with Gasteiger partial charge in [-0.05, 0) is 35.9 Å². The largest absolute Gasteiger partial charge is 0.238 e. The molecular weight excluding hydrogens is 215 g/mol. The van der Waals surface area contributed by atoms with Gasteiger partial charge in [0.15, 0.2) is 0 Å². The van der Waals surface area contributed by atoms with Crippen LogP contribution in [0.5, 0.6) is 0 Å². The van der Waals surface area contributed by atoms with Crippen molar-refractivity contribution in [1.29, 1.82) is 5.26 Å². The van der Waals surface area contributed by atoms with Crippen LogP contribution in [0, 0.1) is 17.1 Å². The number of hydrogen-bond donors (Lipinski definition) is 0. The highest BCUT2D eigenvalue weighted by molar-refractivity contribution is 5.67. The monoisotopic (exact) mass is 224 g/mol. The van der Waals surface area contributed by atoms with Gasteiger partial charge >= 0.3 is 0 Å². The number of rotatable bonds is 2. The number of nitrogens with zero attached hydrogens (tertiary/aromatic N) is 2. The van der Waals surface area contributed by atoms with E-state index in [-0.39, 0.29) is 5.82 Å². The number of hydrogen-bond acceptors (Lipinski definition) is 2. The second-order valence-electron chi connectivity index (χ2n) is 3.44. The number of benzene rings is 1. The van der Waals surface area contributed by atoms with Crippen molar-refractivity contribution in [2.24, 2.45) is 0 Å². The van der Waals surface area contributed by atoms with E-state index in [9.17, 15) is 4.39 Å². The molecule has 2 nitrogen and oxygen atoms in total. The summed E-state index contributed by atoms with van der Waals surface area (Å²) in [5, 5.41) is 8.70. The summed E-state index contributed by atoms with van der Waals surface area (Å²) < 4.78 is 12.7. The van der Waals surface area contributed by atoms with Crippen LogP contribution < -0.4 is 0 Å². The molecule has 0 saturated carbocycles. The van der Waals surface area contributed by atoms with Crippen LogP contribution in [0.2, 0.25) is 0 Å². The smallest absolute Gasteiger partial charge is 0.141 e. The molecule has 2 aromatic rings. The number of aromatic nitrogens is 1. The Morgan fingerprint density at radius 2 is 1.82 bits per heavy atom. The molecule has 0 aliphatic carbocycles. The van der Waals surface area contributed by atoms with Gasteiger partial charge in [0.05, 0.1) is 5.69 Å². The van der Waals surface area contributed by atoms with Crippen molar-refractivity contribution in [3.8, 4) is 6.07 Å². The van der Waals surface area contributed by atoms with Crippen LogP contribution in [0.4, 0.5) is 4.39 Å². The third kappa shape index (κ3) is 2.99. The van der Waals surface area contributed by atoms with Crippen LogP contribution in [0.25, 0.3) is 12.2 Å². The fourth-order valence-electron chi connectivity index (χ4n) is 1.36. The maximum atomic E-state index is 12.7. The fourth-order valence-corrected chi connectivity index (χ4v) is 1.36. The van der Waals surface area contributed by atoms with Gasteiger partial charge < -0.3 is 0 Å².